The molecule has 0 aliphatic heterocycles. The largest absolute Gasteiger partial charge is 0.364 e. The minimum Gasteiger partial charge on any atom is -0.364 e. The van der Waals surface area contributed by atoms with Crippen molar-refractivity contribution in [3.63, 3.8) is 0 Å². The fourth-order valence-electron chi connectivity index (χ4n) is 4.61. The number of nitrogens with zero attached hydrogens (tertiary/aromatic N) is 2. The third-order valence-corrected chi connectivity index (χ3v) is 6.88. The van der Waals surface area contributed by atoms with Crippen LogP contribution in [0.1, 0.15) is 56.9 Å². The predicted octanol–water partition coefficient (Wildman–Crippen LogP) is 5.82. The van der Waals surface area contributed by atoms with Crippen molar-refractivity contribution in [1.82, 2.24) is 14.5 Å². The maximum atomic E-state index is 15.2. The van der Waals surface area contributed by atoms with E-state index in [1.807, 2.05) is 25.3 Å². The number of benzene rings is 2. The molecule has 0 bridgehead atoms. The van der Waals surface area contributed by atoms with Gasteiger partial charge in [0.15, 0.2) is 6.29 Å². The Morgan fingerprint density at radius 1 is 1.13 bits per heavy atom. The smallest absolute Gasteiger partial charge is 0.248 e. The highest BCUT2D eigenvalue weighted by molar-refractivity contribution is 5.77. The van der Waals surface area contributed by atoms with Crippen LogP contribution in [-0.2, 0) is 17.7 Å². The number of nitrogens with one attached hydrogen (secondary N) is 1. The second-order valence-electron chi connectivity index (χ2n) is 11.1. The fraction of sp³-hybridized carbons (Fsp3) is 0.379. The number of aliphatic hydroxyl groups is 1. The molecule has 200 valence electrons. The molecule has 0 amide bonds. The summed E-state index contributed by atoms with van der Waals surface area (Å²) in [5.41, 5.74) is 0.483. The highest BCUT2D eigenvalue weighted by Gasteiger charge is 2.44. The molecule has 0 radical (unpaired) electrons. The number of aliphatic hydroxyl groups excluding tert-OH is 1. The summed E-state index contributed by atoms with van der Waals surface area (Å²) in [6.45, 7) is 5.35. The zero-order chi connectivity index (χ0) is 27.2. The van der Waals surface area contributed by atoms with Gasteiger partial charge in [0.2, 0.25) is 5.56 Å². The van der Waals surface area contributed by atoms with E-state index in [2.05, 4.69) is 9.97 Å². The quantitative estimate of drug-likeness (QED) is 0.284. The molecule has 2 heterocycles. The van der Waals surface area contributed by atoms with Crippen LogP contribution < -0.4 is 5.56 Å². The lowest BCUT2D eigenvalue weighted by Crippen LogP contribution is -2.22. The Morgan fingerprint density at radius 3 is 2.55 bits per heavy atom. The first-order valence-electron chi connectivity index (χ1n) is 12.6. The third kappa shape index (κ3) is 5.39. The van der Waals surface area contributed by atoms with Gasteiger partial charge in [0.25, 0.3) is 0 Å². The van der Waals surface area contributed by atoms with Crippen molar-refractivity contribution in [3.8, 4) is 11.3 Å². The number of alkyl halides is 1. The zero-order valence-corrected chi connectivity index (χ0v) is 21.5. The van der Waals surface area contributed by atoms with Crippen LogP contribution in [0.5, 0.6) is 0 Å². The molecule has 1 aliphatic carbocycles. The molecule has 0 saturated heterocycles. The van der Waals surface area contributed by atoms with Crippen LogP contribution >= 0.6 is 0 Å². The first-order chi connectivity index (χ1) is 18.0. The van der Waals surface area contributed by atoms with Gasteiger partial charge in [-0.05, 0) is 69.5 Å². The summed E-state index contributed by atoms with van der Waals surface area (Å²) in [7, 11) is 0. The predicted molar refractivity (Wildman–Crippen MR) is 138 cm³/mol. The molecule has 9 heteroatoms. The first kappa shape index (κ1) is 26.2. The maximum Gasteiger partial charge on any atom is 0.248 e. The summed E-state index contributed by atoms with van der Waals surface area (Å²) >= 11 is 0. The number of H-pyrrole nitrogens is 1. The number of aromatic amines is 1. The number of halogens is 3. The Balaban J connectivity index is 1.54. The van der Waals surface area contributed by atoms with Crippen LogP contribution in [0.25, 0.3) is 22.3 Å². The molecular weight excluding hydrogens is 495 g/mol. The van der Waals surface area contributed by atoms with E-state index in [0.717, 1.165) is 25.0 Å². The van der Waals surface area contributed by atoms with Crippen LogP contribution in [0.3, 0.4) is 0 Å². The highest BCUT2D eigenvalue weighted by atomic mass is 19.1. The van der Waals surface area contributed by atoms with Crippen molar-refractivity contribution in [3.05, 3.63) is 87.5 Å². The molecule has 1 aliphatic rings. The van der Waals surface area contributed by atoms with Gasteiger partial charge in [-0.15, -0.1) is 0 Å². The number of fused-ring (bicyclic) bond motifs is 1. The number of imidazole rings is 1. The standard InChI is InChI=1S/C29H30F3N3O3/c1-28(2,3)38-27(37)17-7-8-23-24(12-17)35(16-29(15-30)9-10-29)25(33-23)13-18-11-21(32)19(14-20(18)31)22-5-4-6-26(36)34-22/h4-8,11-12,14,27,37H,9-10,13,15-16H2,1-3H3,(H,34,36). The molecule has 0 spiro atoms. The van der Waals surface area contributed by atoms with Crippen LogP contribution in [0.15, 0.2) is 53.3 Å². The van der Waals surface area contributed by atoms with E-state index in [4.69, 9.17) is 4.74 Å². The summed E-state index contributed by atoms with van der Waals surface area (Å²) in [6.07, 6.45) is 0.253. The molecular formula is C29H30F3N3O3. The van der Waals surface area contributed by atoms with Crippen molar-refractivity contribution in [1.29, 1.82) is 0 Å². The second kappa shape index (κ2) is 9.71. The summed E-state index contributed by atoms with van der Waals surface area (Å²) < 4.78 is 51.7. The van der Waals surface area contributed by atoms with Gasteiger partial charge in [-0.3, -0.25) is 9.18 Å². The Morgan fingerprint density at radius 2 is 1.89 bits per heavy atom. The van der Waals surface area contributed by atoms with Crippen molar-refractivity contribution in [2.45, 2.75) is 58.5 Å². The molecule has 1 atom stereocenters. The average molecular weight is 526 g/mol. The monoisotopic (exact) mass is 525 g/mol. The van der Waals surface area contributed by atoms with E-state index >= 15 is 8.78 Å². The minimum absolute atomic E-state index is 0.0260. The molecule has 5 rings (SSSR count). The minimum atomic E-state index is -1.18. The van der Waals surface area contributed by atoms with Gasteiger partial charge in [-0.1, -0.05) is 12.1 Å². The van der Waals surface area contributed by atoms with Crippen molar-refractivity contribution in [2.24, 2.45) is 5.41 Å². The summed E-state index contributed by atoms with van der Waals surface area (Å²) in [6, 6.07) is 11.6. The topological polar surface area (TPSA) is 80.1 Å². The SMILES string of the molecule is CC(C)(C)OC(O)c1ccc2nc(Cc3cc(F)c(-c4cccc(=O)[nH]4)cc3F)n(CC3(CF)CC3)c2c1. The molecule has 4 aromatic rings. The molecule has 1 unspecified atom stereocenters. The van der Waals surface area contributed by atoms with E-state index in [0.29, 0.717) is 29.0 Å². The number of ether oxygens (including phenoxy) is 1. The molecule has 2 aromatic heterocycles. The number of hydrogen-bond donors (Lipinski definition) is 2. The lowest BCUT2D eigenvalue weighted by Gasteiger charge is -2.24. The average Bonchev–Trinajstić information content (AvgIpc) is 3.55. The number of pyridine rings is 1. The molecule has 2 aromatic carbocycles. The van der Waals surface area contributed by atoms with E-state index in [9.17, 15) is 14.3 Å². The normalized spacial score (nSPS) is 15.7. The number of aromatic nitrogens is 3. The van der Waals surface area contributed by atoms with E-state index in [-0.39, 0.29) is 23.2 Å². The van der Waals surface area contributed by atoms with Crippen molar-refractivity contribution < 1.29 is 23.0 Å². The summed E-state index contributed by atoms with van der Waals surface area (Å²) in [5.74, 6) is -0.869. The van der Waals surface area contributed by atoms with Crippen molar-refractivity contribution >= 4 is 11.0 Å². The fourth-order valence-corrected chi connectivity index (χ4v) is 4.61. The van der Waals surface area contributed by atoms with Crippen LogP contribution in [0.4, 0.5) is 13.2 Å². The maximum absolute atomic E-state index is 15.2. The van der Waals surface area contributed by atoms with Gasteiger partial charge in [0, 0.05) is 35.6 Å². The van der Waals surface area contributed by atoms with Gasteiger partial charge in [0.05, 0.1) is 29.0 Å². The Kier molecular flexibility index (Phi) is 6.69. The molecule has 6 nitrogen and oxygen atoms in total. The van der Waals surface area contributed by atoms with Crippen LogP contribution in [0.2, 0.25) is 0 Å². The summed E-state index contributed by atoms with van der Waals surface area (Å²) in [5, 5.41) is 10.6. The molecule has 1 saturated carbocycles. The summed E-state index contributed by atoms with van der Waals surface area (Å²) in [4.78, 5) is 18.8. The van der Waals surface area contributed by atoms with Gasteiger partial charge in [-0.25, -0.2) is 13.8 Å². The number of hydrogen-bond acceptors (Lipinski definition) is 4. The zero-order valence-electron chi connectivity index (χ0n) is 21.5. The van der Waals surface area contributed by atoms with Crippen molar-refractivity contribution in [2.75, 3.05) is 6.67 Å². The van der Waals surface area contributed by atoms with Crippen LogP contribution in [-0.4, -0.2) is 31.9 Å². The van der Waals surface area contributed by atoms with E-state index in [1.54, 1.807) is 18.2 Å². The first-order valence-corrected chi connectivity index (χ1v) is 12.6. The molecule has 38 heavy (non-hydrogen) atoms. The Hall–Kier alpha value is -3.43. The second-order valence-corrected chi connectivity index (χ2v) is 11.1. The van der Waals surface area contributed by atoms with Gasteiger partial charge in [-0.2, -0.15) is 0 Å². The lowest BCUT2D eigenvalue weighted by molar-refractivity contribution is -0.169. The van der Waals surface area contributed by atoms with Crippen LogP contribution in [0, 0.1) is 17.0 Å². The van der Waals surface area contributed by atoms with Gasteiger partial charge in [0.1, 0.15) is 17.5 Å². The lowest BCUT2D eigenvalue weighted by atomic mass is 10.0. The Labute approximate surface area is 218 Å². The third-order valence-electron chi connectivity index (χ3n) is 6.88. The van der Waals surface area contributed by atoms with E-state index in [1.165, 1.54) is 18.2 Å². The number of rotatable bonds is 8. The molecule has 2 N–H and O–H groups in total. The highest BCUT2D eigenvalue weighted by Crippen LogP contribution is 2.48. The van der Waals surface area contributed by atoms with E-state index < -0.39 is 41.2 Å². The van der Waals surface area contributed by atoms with Gasteiger partial charge < -0.3 is 19.4 Å². The Bertz CT molecular complexity index is 1550. The molecule has 1 fully saturated rings. The van der Waals surface area contributed by atoms with Gasteiger partial charge >= 0.3 is 0 Å².